The molecule has 1 aliphatic heterocycles. The number of esters is 1. The number of nitrogens with zero attached hydrogens (tertiary/aromatic N) is 1. The van der Waals surface area contributed by atoms with Crippen LogP contribution in [-0.2, 0) is 9.47 Å². The van der Waals surface area contributed by atoms with E-state index in [9.17, 15) is 18.8 Å². The summed E-state index contributed by atoms with van der Waals surface area (Å²) in [7, 11) is 0. The van der Waals surface area contributed by atoms with E-state index in [0.717, 1.165) is 4.57 Å². The molecule has 0 radical (unpaired) electrons. The van der Waals surface area contributed by atoms with Crippen LogP contribution in [0.3, 0.4) is 0 Å². The van der Waals surface area contributed by atoms with Gasteiger partial charge in [0, 0.05) is 18.2 Å². The summed E-state index contributed by atoms with van der Waals surface area (Å²) in [6, 6.07) is 9.66. The van der Waals surface area contributed by atoms with Crippen LogP contribution in [0.1, 0.15) is 23.0 Å². The topological polar surface area (TPSA) is 90.4 Å². The van der Waals surface area contributed by atoms with Crippen LogP contribution in [-0.4, -0.2) is 34.9 Å². The number of halogens is 1. The minimum Gasteiger partial charge on any atom is -0.459 e. The first-order chi connectivity index (χ1) is 12.1. The maximum atomic E-state index is 13.3. The SMILES string of the molecule is O=C(OCC1CC(CF)C(n2ccc(=O)[nH]c2=O)O1)c1ccccc1. The molecule has 3 unspecified atom stereocenters. The fourth-order valence-electron chi connectivity index (χ4n) is 2.81. The fourth-order valence-corrected chi connectivity index (χ4v) is 2.81. The Labute approximate surface area is 142 Å². The van der Waals surface area contributed by atoms with Crippen molar-refractivity contribution in [2.75, 3.05) is 13.3 Å². The average molecular weight is 348 g/mol. The van der Waals surface area contributed by atoms with Crippen LogP contribution in [0.25, 0.3) is 0 Å². The molecule has 8 heteroatoms. The molecule has 1 aromatic heterocycles. The van der Waals surface area contributed by atoms with Gasteiger partial charge in [-0.15, -0.1) is 0 Å². The van der Waals surface area contributed by atoms with Crippen molar-refractivity contribution in [2.24, 2.45) is 5.92 Å². The zero-order chi connectivity index (χ0) is 17.8. The molecule has 0 spiro atoms. The molecule has 1 fully saturated rings. The first kappa shape index (κ1) is 17.1. The normalized spacial score (nSPS) is 22.7. The third-order valence-electron chi connectivity index (χ3n) is 4.03. The first-order valence-electron chi connectivity index (χ1n) is 7.83. The van der Waals surface area contributed by atoms with Gasteiger partial charge in [-0.3, -0.25) is 18.7 Å². The van der Waals surface area contributed by atoms with E-state index in [-0.39, 0.29) is 6.61 Å². The Hall–Kier alpha value is -2.74. The number of benzene rings is 1. The smallest absolute Gasteiger partial charge is 0.338 e. The second kappa shape index (κ2) is 7.43. The summed E-state index contributed by atoms with van der Waals surface area (Å²) < 4.78 is 25.3. The number of H-pyrrole nitrogens is 1. The van der Waals surface area contributed by atoms with Crippen LogP contribution in [0.4, 0.5) is 4.39 Å². The summed E-state index contributed by atoms with van der Waals surface area (Å²) in [4.78, 5) is 37.1. The predicted octanol–water partition coefficient (Wildman–Crippen LogP) is 1.27. The molecule has 25 heavy (non-hydrogen) atoms. The Kier molecular flexibility index (Phi) is 5.08. The Bertz CT molecular complexity index is 848. The molecule has 2 heterocycles. The van der Waals surface area contributed by atoms with Gasteiger partial charge in [0.2, 0.25) is 0 Å². The van der Waals surface area contributed by atoms with Gasteiger partial charge in [-0.25, -0.2) is 9.59 Å². The first-order valence-corrected chi connectivity index (χ1v) is 7.83. The number of hydrogen-bond acceptors (Lipinski definition) is 5. The highest BCUT2D eigenvalue weighted by Gasteiger charge is 2.37. The van der Waals surface area contributed by atoms with Gasteiger partial charge in [0.25, 0.3) is 5.56 Å². The van der Waals surface area contributed by atoms with E-state index in [4.69, 9.17) is 9.47 Å². The van der Waals surface area contributed by atoms with Gasteiger partial charge in [-0.2, -0.15) is 0 Å². The van der Waals surface area contributed by atoms with Crippen molar-refractivity contribution in [1.29, 1.82) is 0 Å². The molecule has 132 valence electrons. The largest absolute Gasteiger partial charge is 0.459 e. The highest BCUT2D eigenvalue weighted by molar-refractivity contribution is 5.89. The van der Waals surface area contributed by atoms with Crippen LogP contribution in [0, 0.1) is 5.92 Å². The van der Waals surface area contributed by atoms with Crippen LogP contribution in [0.5, 0.6) is 0 Å². The monoisotopic (exact) mass is 348 g/mol. The fraction of sp³-hybridized carbons (Fsp3) is 0.353. The van der Waals surface area contributed by atoms with E-state index in [2.05, 4.69) is 4.98 Å². The molecule has 0 bridgehead atoms. The minimum absolute atomic E-state index is 0.0428. The number of alkyl halides is 1. The van der Waals surface area contributed by atoms with Crippen LogP contribution in [0.2, 0.25) is 0 Å². The van der Waals surface area contributed by atoms with Crippen molar-refractivity contribution in [3.63, 3.8) is 0 Å². The number of aromatic amines is 1. The van der Waals surface area contributed by atoms with Crippen molar-refractivity contribution in [3.8, 4) is 0 Å². The van der Waals surface area contributed by atoms with Crippen LogP contribution >= 0.6 is 0 Å². The molecule has 7 nitrogen and oxygen atoms in total. The summed E-state index contributed by atoms with van der Waals surface area (Å²) in [6.45, 7) is -0.738. The summed E-state index contributed by atoms with van der Waals surface area (Å²) in [5.74, 6) is -1.06. The minimum atomic E-state index is -0.852. The zero-order valence-corrected chi connectivity index (χ0v) is 13.3. The lowest BCUT2D eigenvalue weighted by atomic mass is 10.1. The van der Waals surface area contributed by atoms with Crippen LogP contribution < -0.4 is 11.2 Å². The van der Waals surface area contributed by atoms with Crippen molar-refractivity contribution in [3.05, 3.63) is 69.0 Å². The highest BCUT2D eigenvalue weighted by atomic mass is 19.1. The number of nitrogens with one attached hydrogen (secondary N) is 1. The van der Waals surface area contributed by atoms with E-state index in [1.807, 2.05) is 0 Å². The summed E-state index contributed by atoms with van der Waals surface area (Å²) in [5, 5.41) is 0. The summed E-state index contributed by atoms with van der Waals surface area (Å²) in [5.41, 5.74) is -0.793. The highest BCUT2D eigenvalue weighted by Crippen LogP contribution is 2.34. The predicted molar refractivity (Wildman–Crippen MR) is 86.0 cm³/mol. The molecule has 0 aliphatic carbocycles. The Morgan fingerprint density at radius 3 is 2.72 bits per heavy atom. The molecule has 3 rings (SSSR count). The Morgan fingerprint density at radius 2 is 2.04 bits per heavy atom. The molecule has 1 saturated heterocycles. The van der Waals surface area contributed by atoms with Crippen molar-refractivity contribution >= 4 is 5.97 Å². The van der Waals surface area contributed by atoms with Gasteiger partial charge < -0.3 is 9.47 Å². The Balaban J connectivity index is 1.66. The third kappa shape index (κ3) is 3.85. The van der Waals surface area contributed by atoms with Crippen LogP contribution in [0.15, 0.2) is 52.2 Å². The standard InChI is InChI=1S/C17H17FN2O5/c18-9-12-8-13(10-24-16(22)11-4-2-1-3-5-11)25-15(12)20-7-6-14(21)19-17(20)23/h1-7,12-13,15H,8-10H2,(H,19,21,23). The number of carbonyl (C=O) groups excluding carboxylic acids is 1. The molecule has 3 atom stereocenters. The lowest BCUT2D eigenvalue weighted by molar-refractivity contribution is -0.0441. The summed E-state index contributed by atoms with van der Waals surface area (Å²) >= 11 is 0. The van der Waals surface area contributed by atoms with Crippen molar-refractivity contribution in [2.45, 2.75) is 18.8 Å². The van der Waals surface area contributed by atoms with Crippen molar-refractivity contribution in [1.82, 2.24) is 9.55 Å². The molecule has 1 aromatic carbocycles. The second-order valence-corrected chi connectivity index (χ2v) is 5.78. The molecular formula is C17H17FN2O5. The van der Waals surface area contributed by atoms with E-state index < -0.39 is 42.1 Å². The third-order valence-corrected chi connectivity index (χ3v) is 4.03. The van der Waals surface area contributed by atoms with E-state index in [1.54, 1.807) is 30.3 Å². The number of carbonyl (C=O) groups is 1. The number of aromatic nitrogens is 2. The van der Waals surface area contributed by atoms with Crippen molar-refractivity contribution < 1.29 is 18.7 Å². The molecule has 1 aliphatic rings. The molecule has 1 N–H and O–H groups in total. The van der Waals surface area contributed by atoms with E-state index in [1.165, 1.54) is 12.3 Å². The van der Waals surface area contributed by atoms with Gasteiger partial charge in [-0.05, 0) is 18.6 Å². The maximum absolute atomic E-state index is 13.3. The summed E-state index contributed by atoms with van der Waals surface area (Å²) in [6.07, 6.45) is 0.189. The van der Waals surface area contributed by atoms with Gasteiger partial charge in [-0.1, -0.05) is 18.2 Å². The number of hydrogen-bond donors (Lipinski definition) is 1. The average Bonchev–Trinajstić information content (AvgIpc) is 3.03. The van der Waals surface area contributed by atoms with Gasteiger partial charge in [0.05, 0.1) is 18.3 Å². The molecular weight excluding hydrogens is 331 g/mol. The lowest BCUT2D eigenvalue weighted by Crippen LogP contribution is -2.34. The van der Waals surface area contributed by atoms with Gasteiger partial charge in [0.15, 0.2) is 0 Å². The lowest BCUT2D eigenvalue weighted by Gasteiger charge is -2.18. The molecule has 2 aromatic rings. The van der Waals surface area contributed by atoms with E-state index >= 15 is 0 Å². The van der Waals surface area contributed by atoms with E-state index in [0.29, 0.717) is 12.0 Å². The number of ether oxygens (including phenoxy) is 2. The number of rotatable bonds is 5. The molecule has 0 amide bonds. The quantitative estimate of drug-likeness (QED) is 0.822. The van der Waals surface area contributed by atoms with Gasteiger partial charge >= 0.3 is 11.7 Å². The maximum Gasteiger partial charge on any atom is 0.338 e. The second-order valence-electron chi connectivity index (χ2n) is 5.78. The Morgan fingerprint density at radius 1 is 1.28 bits per heavy atom. The van der Waals surface area contributed by atoms with Gasteiger partial charge in [0.1, 0.15) is 12.8 Å². The molecule has 0 saturated carbocycles. The zero-order valence-electron chi connectivity index (χ0n) is 13.3.